The number of hydrogen-bond acceptors (Lipinski definition) is 4. The second-order valence-corrected chi connectivity index (χ2v) is 3.48. The van der Waals surface area contributed by atoms with E-state index in [0.29, 0.717) is 18.1 Å². The molecule has 0 unspecified atom stereocenters. The van der Waals surface area contributed by atoms with Crippen LogP contribution in [-0.4, -0.2) is 28.2 Å². The molecule has 5 heteroatoms. The van der Waals surface area contributed by atoms with Gasteiger partial charge in [-0.2, -0.15) is 0 Å². The molecule has 0 amide bonds. The largest absolute Gasteiger partial charge is 0.478 e. The second kappa shape index (κ2) is 4.84. The van der Waals surface area contributed by atoms with E-state index in [4.69, 9.17) is 9.84 Å². The third kappa shape index (κ3) is 2.73. The first-order valence-corrected chi connectivity index (χ1v) is 4.64. The Morgan fingerprint density at radius 2 is 2.27 bits per heavy atom. The zero-order valence-electron chi connectivity index (χ0n) is 9.02. The average Bonchev–Trinajstić information content (AvgIpc) is 2.17. The molecule has 0 bridgehead atoms. The normalized spacial score (nSPS) is 10.7. The number of methoxy groups -OCH3 is 1. The number of nitrogens with zero attached hydrogens (tertiary/aromatic N) is 2. The van der Waals surface area contributed by atoms with Crippen molar-refractivity contribution in [1.29, 1.82) is 0 Å². The molecule has 82 valence electrons. The summed E-state index contributed by atoms with van der Waals surface area (Å²) in [5.41, 5.74) is 0.703. The fourth-order valence-electron chi connectivity index (χ4n) is 1.24. The first-order chi connectivity index (χ1) is 7.06. The summed E-state index contributed by atoms with van der Waals surface area (Å²) >= 11 is 0. The third-order valence-corrected chi connectivity index (χ3v) is 1.92. The molecule has 0 fully saturated rings. The van der Waals surface area contributed by atoms with Crippen molar-refractivity contribution < 1.29 is 14.6 Å². The molecule has 1 aromatic heterocycles. The Labute approximate surface area is 88.1 Å². The van der Waals surface area contributed by atoms with Gasteiger partial charge >= 0.3 is 5.97 Å². The van der Waals surface area contributed by atoms with Crippen LogP contribution < -0.4 is 0 Å². The molecule has 0 spiro atoms. The van der Waals surface area contributed by atoms with Crippen LogP contribution in [0.15, 0.2) is 6.20 Å². The standard InChI is InChI=1S/C10H14N2O3/c1-6(2)9-7(10(13)14)4-11-8(12-9)5-15-3/h4,6H,5H2,1-3H3,(H,13,14). The quantitative estimate of drug-likeness (QED) is 0.814. The number of hydrogen-bond donors (Lipinski definition) is 1. The van der Waals surface area contributed by atoms with E-state index in [0.717, 1.165) is 0 Å². The van der Waals surface area contributed by atoms with Crippen molar-refractivity contribution in [1.82, 2.24) is 9.97 Å². The second-order valence-electron chi connectivity index (χ2n) is 3.48. The van der Waals surface area contributed by atoms with Crippen LogP contribution in [0.2, 0.25) is 0 Å². The number of carboxylic acid groups (broad SMARTS) is 1. The van der Waals surface area contributed by atoms with Crippen LogP contribution in [0.1, 0.15) is 41.6 Å². The lowest BCUT2D eigenvalue weighted by Gasteiger charge is -2.09. The molecule has 1 aromatic rings. The van der Waals surface area contributed by atoms with Crippen molar-refractivity contribution in [2.24, 2.45) is 0 Å². The van der Waals surface area contributed by atoms with Crippen LogP contribution in [0.4, 0.5) is 0 Å². The van der Waals surface area contributed by atoms with Crippen molar-refractivity contribution >= 4 is 5.97 Å². The molecule has 0 saturated carbocycles. The number of rotatable bonds is 4. The third-order valence-electron chi connectivity index (χ3n) is 1.92. The molecule has 1 rings (SSSR count). The Bertz CT molecular complexity index is 364. The van der Waals surface area contributed by atoms with Crippen LogP contribution in [0.5, 0.6) is 0 Å². The summed E-state index contributed by atoms with van der Waals surface area (Å²) in [6.45, 7) is 4.08. The van der Waals surface area contributed by atoms with E-state index < -0.39 is 5.97 Å². The van der Waals surface area contributed by atoms with Crippen LogP contribution in [0.25, 0.3) is 0 Å². The first-order valence-electron chi connectivity index (χ1n) is 4.64. The maximum Gasteiger partial charge on any atom is 0.339 e. The van der Waals surface area contributed by atoms with E-state index >= 15 is 0 Å². The van der Waals surface area contributed by atoms with Gasteiger partial charge in [-0.3, -0.25) is 0 Å². The minimum Gasteiger partial charge on any atom is -0.478 e. The van der Waals surface area contributed by atoms with E-state index in [1.165, 1.54) is 6.20 Å². The van der Waals surface area contributed by atoms with Gasteiger partial charge in [0.1, 0.15) is 6.61 Å². The zero-order chi connectivity index (χ0) is 11.4. The molecule has 0 aliphatic rings. The summed E-state index contributed by atoms with van der Waals surface area (Å²) < 4.78 is 4.89. The first kappa shape index (κ1) is 11.6. The Morgan fingerprint density at radius 3 is 2.73 bits per heavy atom. The lowest BCUT2D eigenvalue weighted by atomic mass is 10.1. The Balaban J connectivity index is 3.15. The molecular formula is C10H14N2O3. The highest BCUT2D eigenvalue weighted by Gasteiger charge is 2.15. The van der Waals surface area contributed by atoms with Gasteiger partial charge in [-0.05, 0) is 5.92 Å². The molecule has 0 aromatic carbocycles. The summed E-state index contributed by atoms with van der Waals surface area (Å²) in [6.07, 6.45) is 1.33. The molecule has 0 aliphatic carbocycles. The van der Waals surface area contributed by atoms with Gasteiger partial charge in [0.25, 0.3) is 0 Å². The SMILES string of the molecule is COCc1ncc(C(=O)O)c(C(C)C)n1. The molecule has 5 nitrogen and oxygen atoms in total. The van der Waals surface area contributed by atoms with Gasteiger partial charge in [-0.15, -0.1) is 0 Å². The average molecular weight is 210 g/mol. The lowest BCUT2D eigenvalue weighted by molar-refractivity contribution is 0.0693. The van der Waals surface area contributed by atoms with E-state index in [1.54, 1.807) is 7.11 Å². The van der Waals surface area contributed by atoms with Crippen molar-refractivity contribution in [2.75, 3.05) is 7.11 Å². The molecule has 15 heavy (non-hydrogen) atoms. The van der Waals surface area contributed by atoms with Crippen LogP contribution in [0.3, 0.4) is 0 Å². The lowest BCUT2D eigenvalue weighted by Crippen LogP contribution is -2.10. The maximum absolute atomic E-state index is 10.9. The zero-order valence-corrected chi connectivity index (χ0v) is 9.02. The predicted octanol–water partition coefficient (Wildman–Crippen LogP) is 1.44. The fraction of sp³-hybridized carbons (Fsp3) is 0.500. The summed E-state index contributed by atoms with van der Waals surface area (Å²) in [5.74, 6) is -0.441. The highest BCUT2D eigenvalue weighted by molar-refractivity contribution is 5.88. The number of carbonyl (C=O) groups is 1. The molecule has 1 N–H and O–H groups in total. The van der Waals surface area contributed by atoms with E-state index in [1.807, 2.05) is 13.8 Å². The van der Waals surface area contributed by atoms with E-state index in [9.17, 15) is 4.79 Å². The molecule has 0 radical (unpaired) electrons. The number of aromatic nitrogens is 2. The van der Waals surface area contributed by atoms with Gasteiger partial charge in [0, 0.05) is 13.3 Å². The van der Waals surface area contributed by atoms with Crippen LogP contribution >= 0.6 is 0 Å². The van der Waals surface area contributed by atoms with Crippen molar-refractivity contribution in [2.45, 2.75) is 26.4 Å². The van der Waals surface area contributed by atoms with E-state index in [-0.39, 0.29) is 11.5 Å². The summed E-state index contributed by atoms with van der Waals surface area (Å²) in [6, 6.07) is 0. The maximum atomic E-state index is 10.9. The summed E-state index contributed by atoms with van der Waals surface area (Å²) in [5, 5.41) is 8.92. The number of carboxylic acids is 1. The van der Waals surface area contributed by atoms with Gasteiger partial charge in [-0.25, -0.2) is 14.8 Å². The molecular weight excluding hydrogens is 196 g/mol. The molecule has 0 aliphatic heterocycles. The minimum atomic E-state index is -0.998. The predicted molar refractivity (Wildman–Crippen MR) is 53.8 cm³/mol. The van der Waals surface area contributed by atoms with Crippen molar-refractivity contribution in [3.63, 3.8) is 0 Å². The number of ether oxygens (including phenoxy) is 1. The topological polar surface area (TPSA) is 72.3 Å². The smallest absolute Gasteiger partial charge is 0.339 e. The van der Waals surface area contributed by atoms with Crippen molar-refractivity contribution in [3.8, 4) is 0 Å². The molecule has 1 heterocycles. The number of aromatic carboxylic acids is 1. The van der Waals surface area contributed by atoms with Crippen molar-refractivity contribution in [3.05, 3.63) is 23.3 Å². The van der Waals surface area contributed by atoms with Crippen LogP contribution in [0, 0.1) is 0 Å². The molecule has 0 atom stereocenters. The van der Waals surface area contributed by atoms with Gasteiger partial charge in [0.05, 0.1) is 11.3 Å². The minimum absolute atomic E-state index is 0.0507. The Kier molecular flexibility index (Phi) is 3.74. The summed E-state index contributed by atoms with van der Waals surface area (Å²) in [4.78, 5) is 19.0. The van der Waals surface area contributed by atoms with E-state index in [2.05, 4.69) is 9.97 Å². The van der Waals surface area contributed by atoms with Gasteiger partial charge < -0.3 is 9.84 Å². The fourth-order valence-corrected chi connectivity index (χ4v) is 1.24. The van der Waals surface area contributed by atoms with Gasteiger partial charge in [0.2, 0.25) is 0 Å². The van der Waals surface area contributed by atoms with Gasteiger partial charge in [-0.1, -0.05) is 13.8 Å². The highest BCUT2D eigenvalue weighted by Crippen LogP contribution is 2.16. The monoisotopic (exact) mass is 210 g/mol. The molecule has 0 saturated heterocycles. The van der Waals surface area contributed by atoms with Gasteiger partial charge in [0.15, 0.2) is 5.82 Å². The highest BCUT2D eigenvalue weighted by atomic mass is 16.5. The summed E-state index contributed by atoms with van der Waals surface area (Å²) in [7, 11) is 1.55. The Hall–Kier alpha value is -1.49. The van der Waals surface area contributed by atoms with Crippen LogP contribution in [-0.2, 0) is 11.3 Å². The Morgan fingerprint density at radius 1 is 1.60 bits per heavy atom.